The first kappa shape index (κ1) is 14.7. The monoisotopic (exact) mass is 300 g/mol. The van der Waals surface area contributed by atoms with Crippen LogP contribution >= 0.6 is 0 Å². The van der Waals surface area contributed by atoms with E-state index < -0.39 is 0 Å². The number of benzene rings is 1. The Labute approximate surface area is 129 Å². The summed E-state index contributed by atoms with van der Waals surface area (Å²) in [5, 5.41) is 12.2. The third-order valence-corrected chi connectivity index (χ3v) is 4.15. The highest BCUT2D eigenvalue weighted by atomic mass is 16.3. The maximum Gasteiger partial charge on any atom is 0.258 e. The first-order chi connectivity index (χ1) is 10.8. The van der Waals surface area contributed by atoms with Crippen molar-refractivity contribution in [2.75, 3.05) is 29.9 Å². The van der Waals surface area contributed by atoms with Gasteiger partial charge in [-0.15, -0.1) is 0 Å². The molecule has 0 spiro atoms. The van der Waals surface area contributed by atoms with E-state index in [0.717, 1.165) is 37.3 Å². The Balaban J connectivity index is 1.74. The molecular weight excluding hydrogens is 280 g/mol. The molecule has 1 aromatic heterocycles. The summed E-state index contributed by atoms with van der Waals surface area (Å²) in [6.07, 6.45) is 4.87. The summed E-state index contributed by atoms with van der Waals surface area (Å²) >= 11 is 0. The van der Waals surface area contributed by atoms with Crippen LogP contribution in [0.3, 0.4) is 0 Å². The number of nitrogens with zero attached hydrogens (tertiary/aromatic N) is 1. The molecule has 0 aliphatic carbocycles. The Morgan fingerprint density at radius 3 is 2.73 bits per heavy atom. The lowest BCUT2D eigenvalue weighted by molar-refractivity contribution is 0.102. The molecular formula is C17H20N2O3. The lowest BCUT2D eigenvalue weighted by Gasteiger charge is -2.34. The van der Waals surface area contributed by atoms with Crippen molar-refractivity contribution >= 4 is 17.3 Å². The number of aliphatic hydroxyl groups excluding tert-OH is 1. The predicted octanol–water partition coefficient (Wildman–Crippen LogP) is 2.74. The molecule has 1 aliphatic rings. The molecule has 22 heavy (non-hydrogen) atoms. The summed E-state index contributed by atoms with van der Waals surface area (Å²) in [5.74, 6) is 0.218. The van der Waals surface area contributed by atoms with E-state index in [1.165, 1.54) is 12.5 Å². The van der Waals surface area contributed by atoms with Crippen LogP contribution in [0.2, 0.25) is 0 Å². The fraction of sp³-hybridized carbons (Fsp3) is 0.353. The van der Waals surface area contributed by atoms with Crippen LogP contribution in [0.4, 0.5) is 11.4 Å². The Hall–Kier alpha value is -2.27. The van der Waals surface area contributed by atoms with Gasteiger partial charge in [0.15, 0.2) is 0 Å². The fourth-order valence-corrected chi connectivity index (χ4v) is 2.80. The van der Waals surface area contributed by atoms with Crippen LogP contribution in [0.5, 0.6) is 0 Å². The van der Waals surface area contributed by atoms with Crippen molar-refractivity contribution < 1.29 is 14.3 Å². The molecule has 0 radical (unpaired) electrons. The predicted molar refractivity (Wildman–Crippen MR) is 85.1 cm³/mol. The van der Waals surface area contributed by atoms with Crippen LogP contribution in [0.15, 0.2) is 47.3 Å². The Kier molecular flexibility index (Phi) is 4.44. The molecule has 1 amide bonds. The second kappa shape index (κ2) is 6.66. The minimum atomic E-state index is -0.175. The first-order valence-electron chi connectivity index (χ1n) is 7.56. The minimum Gasteiger partial charge on any atom is -0.472 e. The van der Waals surface area contributed by atoms with E-state index >= 15 is 0 Å². The van der Waals surface area contributed by atoms with Crippen LogP contribution in [0.1, 0.15) is 23.2 Å². The summed E-state index contributed by atoms with van der Waals surface area (Å²) in [5.41, 5.74) is 2.33. The number of rotatable bonds is 4. The van der Waals surface area contributed by atoms with Gasteiger partial charge in [0.25, 0.3) is 5.91 Å². The minimum absolute atomic E-state index is 0.175. The molecule has 2 aromatic rings. The van der Waals surface area contributed by atoms with E-state index in [-0.39, 0.29) is 12.5 Å². The number of carbonyl (C=O) groups is 1. The molecule has 2 N–H and O–H groups in total. The smallest absolute Gasteiger partial charge is 0.258 e. The van der Waals surface area contributed by atoms with Crippen molar-refractivity contribution in [3.8, 4) is 0 Å². The van der Waals surface area contributed by atoms with Gasteiger partial charge in [-0.2, -0.15) is 0 Å². The quantitative estimate of drug-likeness (QED) is 0.911. The molecule has 2 heterocycles. The molecule has 3 rings (SSSR count). The Bertz CT molecular complexity index is 617. The van der Waals surface area contributed by atoms with Crippen molar-refractivity contribution in [2.24, 2.45) is 5.92 Å². The lowest BCUT2D eigenvalue weighted by Crippen LogP contribution is -2.35. The molecule has 0 saturated carbocycles. The first-order valence-corrected chi connectivity index (χ1v) is 7.56. The molecule has 0 unspecified atom stereocenters. The van der Waals surface area contributed by atoms with Crippen LogP contribution in [-0.2, 0) is 0 Å². The summed E-state index contributed by atoms with van der Waals surface area (Å²) in [7, 11) is 0. The fourth-order valence-electron chi connectivity index (χ4n) is 2.80. The Morgan fingerprint density at radius 2 is 2.05 bits per heavy atom. The molecule has 1 aliphatic heterocycles. The van der Waals surface area contributed by atoms with E-state index in [2.05, 4.69) is 10.2 Å². The van der Waals surface area contributed by atoms with Crippen molar-refractivity contribution in [2.45, 2.75) is 12.8 Å². The molecule has 1 saturated heterocycles. The average molecular weight is 300 g/mol. The van der Waals surface area contributed by atoms with Crippen LogP contribution in [-0.4, -0.2) is 30.7 Å². The number of hydrogen-bond acceptors (Lipinski definition) is 4. The van der Waals surface area contributed by atoms with E-state index in [9.17, 15) is 9.90 Å². The van der Waals surface area contributed by atoms with Crippen molar-refractivity contribution in [3.05, 3.63) is 48.4 Å². The van der Waals surface area contributed by atoms with Gasteiger partial charge >= 0.3 is 0 Å². The van der Waals surface area contributed by atoms with Gasteiger partial charge in [0.1, 0.15) is 6.26 Å². The number of para-hydroxylation sites is 2. The van der Waals surface area contributed by atoms with Crippen molar-refractivity contribution in [3.63, 3.8) is 0 Å². The van der Waals surface area contributed by atoms with Crippen LogP contribution < -0.4 is 10.2 Å². The molecule has 1 fully saturated rings. The van der Waals surface area contributed by atoms with Gasteiger partial charge in [-0.3, -0.25) is 4.79 Å². The second-order valence-electron chi connectivity index (χ2n) is 5.60. The average Bonchev–Trinajstić information content (AvgIpc) is 3.10. The van der Waals surface area contributed by atoms with E-state index in [4.69, 9.17) is 4.42 Å². The van der Waals surface area contributed by atoms with E-state index in [1.54, 1.807) is 6.07 Å². The van der Waals surface area contributed by atoms with Crippen molar-refractivity contribution in [1.29, 1.82) is 0 Å². The molecule has 5 heteroatoms. The SMILES string of the molecule is O=C(Nc1ccccc1N1CCC(CO)CC1)c1ccoc1. The summed E-state index contributed by atoms with van der Waals surface area (Å²) in [4.78, 5) is 14.4. The number of nitrogens with one attached hydrogen (secondary N) is 1. The maximum atomic E-state index is 12.2. The lowest BCUT2D eigenvalue weighted by atomic mass is 9.97. The zero-order valence-corrected chi connectivity index (χ0v) is 12.4. The zero-order chi connectivity index (χ0) is 15.4. The van der Waals surface area contributed by atoms with Gasteiger partial charge in [-0.05, 0) is 37.0 Å². The van der Waals surface area contributed by atoms with Gasteiger partial charge in [0.05, 0.1) is 23.2 Å². The molecule has 0 bridgehead atoms. The molecule has 116 valence electrons. The normalized spacial score (nSPS) is 15.8. The largest absolute Gasteiger partial charge is 0.472 e. The number of anilines is 2. The summed E-state index contributed by atoms with van der Waals surface area (Å²) < 4.78 is 4.95. The number of furan rings is 1. The van der Waals surface area contributed by atoms with Crippen molar-refractivity contribution in [1.82, 2.24) is 0 Å². The summed E-state index contributed by atoms with van der Waals surface area (Å²) in [6, 6.07) is 9.45. The number of carbonyl (C=O) groups excluding carboxylic acids is 1. The number of aliphatic hydroxyl groups is 1. The maximum absolute atomic E-state index is 12.2. The van der Waals surface area contributed by atoms with Crippen LogP contribution in [0, 0.1) is 5.92 Å². The summed E-state index contributed by atoms with van der Waals surface area (Å²) in [6.45, 7) is 2.04. The standard InChI is InChI=1S/C17H20N2O3/c20-11-13-5-8-19(9-6-13)16-4-2-1-3-15(16)18-17(21)14-7-10-22-12-14/h1-4,7,10,12-13,20H,5-6,8-9,11H2,(H,18,21). The molecule has 5 nitrogen and oxygen atoms in total. The highest BCUT2D eigenvalue weighted by Crippen LogP contribution is 2.30. The number of piperidine rings is 1. The molecule has 1 aromatic carbocycles. The highest BCUT2D eigenvalue weighted by molar-refractivity contribution is 6.05. The second-order valence-corrected chi connectivity index (χ2v) is 5.60. The third kappa shape index (κ3) is 3.14. The van der Waals surface area contributed by atoms with Gasteiger partial charge in [0.2, 0.25) is 0 Å². The van der Waals surface area contributed by atoms with E-state index in [1.807, 2.05) is 24.3 Å². The van der Waals surface area contributed by atoms with Gasteiger partial charge in [-0.25, -0.2) is 0 Å². The van der Waals surface area contributed by atoms with Crippen LogP contribution in [0.25, 0.3) is 0 Å². The number of amides is 1. The van der Waals surface area contributed by atoms with Gasteiger partial charge < -0.3 is 19.7 Å². The van der Waals surface area contributed by atoms with Gasteiger partial charge in [0, 0.05) is 19.7 Å². The topological polar surface area (TPSA) is 65.7 Å². The zero-order valence-electron chi connectivity index (χ0n) is 12.4. The highest BCUT2D eigenvalue weighted by Gasteiger charge is 2.21. The van der Waals surface area contributed by atoms with Gasteiger partial charge in [-0.1, -0.05) is 12.1 Å². The van der Waals surface area contributed by atoms with E-state index in [0.29, 0.717) is 11.5 Å². The third-order valence-electron chi connectivity index (χ3n) is 4.15. The molecule has 0 atom stereocenters. The number of hydrogen-bond donors (Lipinski definition) is 2. The Morgan fingerprint density at radius 1 is 1.27 bits per heavy atom.